The molecule has 6 nitrogen and oxygen atoms in total. The highest BCUT2D eigenvalue weighted by Crippen LogP contribution is 2.24. The van der Waals surface area contributed by atoms with E-state index in [2.05, 4.69) is 5.32 Å². The van der Waals surface area contributed by atoms with E-state index in [0.29, 0.717) is 11.4 Å². The van der Waals surface area contributed by atoms with Crippen LogP contribution < -0.4 is 14.4 Å². The molecule has 3 aromatic rings. The second kappa shape index (κ2) is 9.82. The molecule has 1 N–H and O–H groups in total. The number of sulfonamides is 1. The van der Waals surface area contributed by atoms with Gasteiger partial charge in [-0.25, -0.2) is 12.8 Å². The number of anilines is 1. The Morgan fingerprint density at radius 3 is 2.19 bits per heavy atom. The minimum absolute atomic E-state index is 0.206. The molecule has 0 saturated carbocycles. The predicted molar refractivity (Wildman–Crippen MR) is 122 cm³/mol. The molecule has 8 heteroatoms. The Labute approximate surface area is 187 Å². The largest absolute Gasteiger partial charge is 0.484 e. The van der Waals surface area contributed by atoms with Crippen LogP contribution in [-0.4, -0.2) is 28.0 Å². The van der Waals surface area contributed by atoms with Crippen molar-refractivity contribution in [2.45, 2.75) is 24.8 Å². The number of benzene rings is 3. The maximum Gasteiger partial charge on any atom is 0.264 e. The summed E-state index contributed by atoms with van der Waals surface area (Å²) in [5.74, 6) is -0.235. The lowest BCUT2D eigenvalue weighted by molar-refractivity contribution is -0.123. The number of ether oxygens (including phenoxy) is 1. The van der Waals surface area contributed by atoms with E-state index in [1.165, 1.54) is 23.5 Å². The summed E-state index contributed by atoms with van der Waals surface area (Å²) < 4.78 is 45.3. The van der Waals surface area contributed by atoms with E-state index >= 15 is 0 Å². The molecule has 1 amide bonds. The highest BCUT2D eigenvalue weighted by Gasteiger charge is 2.21. The van der Waals surface area contributed by atoms with Crippen molar-refractivity contribution in [3.8, 4) is 5.75 Å². The van der Waals surface area contributed by atoms with Crippen molar-refractivity contribution in [1.29, 1.82) is 0 Å². The average molecular weight is 457 g/mol. The van der Waals surface area contributed by atoms with Crippen LogP contribution in [0, 0.1) is 12.7 Å². The van der Waals surface area contributed by atoms with Crippen molar-refractivity contribution < 1.29 is 22.3 Å². The number of nitrogens with zero attached hydrogens (tertiary/aromatic N) is 1. The molecule has 0 unspecified atom stereocenters. The molecular weight excluding hydrogens is 431 g/mol. The number of hydrogen-bond acceptors (Lipinski definition) is 4. The highest BCUT2D eigenvalue weighted by atomic mass is 32.2. The summed E-state index contributed by atoms with van der Waals surface area (Å²) in [5, 5.41) is 2.78. The second-order valence-corrected chi connectivity index (χ2v) is 9.38. The van der Waals surface area contributed by atoms with Crippen molar-refractivity contribution in [2.75, 3.05) is 18.0 Å². The van der Waals surface area contributed by atoms with Crippen LogP contribution in [0.25, 0.3) is 0 Å². The van der Waals surface area contributed by atoms with Crippen molar-refractivity contribution >= 4 is 21.6 Å². The van der Waals surface area contributed by atoms with E-state index < -0.39 is 10.0 Å². The summed E-state index contributed by atoms with van der Waals surface area (Å²) in [6, 6.07) is 18.7. The van der Waals surface area contributed by atoms with Crippen LogP contribution in [0.4, 0.5) is 10.1 Å². The van der Waals surface area contributed by atoms with Gasteiger partial charge < -0.3 is 10.1 Å². The molecule has 0 heterocycles. The average Bonchev–Trinajstić information content (AvgIpc) is 2.78. The number of carbonyl (C=O) groups excluding carboxylic acids is 1. The van der Waals surface area contributed by atoms with Crippen LogP contribution in [0.3, 0.4) is 0 Å². The van der Waals surface area contributed by atoms with Gasteiger partial charge in [0.25, 0.3) is 15.9 Å². The maximum atomic E-state index is 13.0. The third-order valence-corrected chi connectivity index (χ3v) is 6.80. The molecule has 32 heavy (non-hydrogen) atoms. The Morgan fingerprint density at radius 1 is 1.00 bits per heavy atom. The molecule has 3 aromatic carbocycles. The summed E-state index contributed by atoms with van der Waals surface area (Å²) in [6.07, 6.45) is 0. The molecule has 0 aliphatic rings. The summed E-state index contributed by atoms with van der Waals surface area (Å²) in [6.45, 7) is 3.48. The first kappa shape index (κ1) is 23.3. The fourth-order valence-corrected chi connectivity index (χ4v) is 4.22. The molecule has 0 saturated heterocycles. The molecular formula is C24H25FN2O4S. The van der Waals surface area contributed by atoms with Crippen LogP contribution in [0.5, 0.6) is 5.75 Å². The standard InChI is InChI=1S/C24H25FN2O4S/c1-17-4-14-23(15-5-17)32(29,30)27(3)21-10-12-22(13-11-21)31-16-24(28)26-18(2)19-6-8-20(25)9-7-19/h4-15,18H,16H2,1-3H3,(H,26,28)/t18-/m0/s1. The Balaban J connectivity index is 1.57. The lowest BCUT2D eigenvalue weighted by Crippen LogP contribution is -2.31. The van der Waals surface area contributed by atoms with E-state index in [-0.39, 0.29) is 29.3 Å². The third-order valence-electron chi connectivity index (χ3n) is 5.00. The van der Waals surface area contributed by atoms with Crippen LogP contribution in [0.2, 0.25) is 0 Å². The molecule has 0 spiro atoms. The van der Waals surface area contributed by atoms with Gasteiger partial charge in [-0.3, -0.25) is 9.10 Å². The molecule has 3 rings (SSSR count). The first-order chi connectivity index (χ1) is 15.2. The second-order valence-electron chi connectivity index (χ2n) is 7.41. The number of rotatable bonds is 8. The highest BCUT2D eigenvalue weighted by molar-refractivity contribution is 7.92. The van der Waals surface area contributed by atoms with Gasteiger partial charge >= 0.3 is 0 Å². The number of carbonyl (C=O) groups is 1. The summed E-state index contributed by atoms with van der Waals surface area (Å²) in [4.78, 5) is 12.4. The number of hydrogen-bond donors (Lipinski definition) is 1. The van der Waals surface area contributed by atoms with Crippen molar-refractivity contribution in [3.05, 3.63) is 89.7 Å². The zero-order chi connectivity index (χ0) is 23.3. The summed E-state index contributed by atoms with van der Waals surface area (Å²) in [7, 11) is -2.20. The number of halogens is 1. The van der Waals surface area contributed by atoms with Gasteiger partial charge in [0.2, 0.25) is 0 Å². The van der Waals surface area contributed by atoms with Gasteiger partial charge in [-0.05, 0) is 67.9 Å². The van der Waals surface area contributed by atoms with Gasteiger partial charge in [-0.2, -0.15) is 0 Å². The smallest absolute Gasteiger partial charge is 0.264 e. The topological polar surface area (TPSA) is 75.7 Å². The van der Waals surface area contributed by atoms with Crippen LogP contribution >= 0.6 is 0 Å². The molecule has 0 radical (unpaired) electrons. The quantitative estimate of drug-likeness (QED) is 0.551. The minimum Gasteiger partial charge on any atom is -0.484 e. The molecule has 1 atom stereocenters. The zero-order valence-corrected chi connectivity index (χ0v) is 18.9. The fourth-order valence-electron chi connectivity index (χ4n) is 3.03. The van der Waals surface area contributed by atoms with Gasteiger partial charge in [-0.1, -0.05) is 29.8 Å². The van der Waals surface area contributed by atoms with E-state index in [1.54, 1.807) is 67.6 Å². The number of aryl methyl sites for hydroxylation is 1. The fraction of sp³-hybridized carbons (Fsp3) is 0.208. The lowest BCUT2D eigenvalue weighted by Gasteiger charge is -2.20. The SMILES string of the molecule is Cc1ccc(S(=O)(=O)N(C)c2ccc(OCC(=O)N[C@@H](C)c3ccc(F)cc3)cc2)cc1. The van der Waals surface area contributed by atoms with Crippen molar-refractivity contribution in [3.63, 3.8) is 0 Å². The molecule has 168 valence electrons. The van der Waals surface area contributed by atoms with Crippen LogP contribution in [0.1, 0.15) is 24.1 Å². The number of nitrogens with one attached hydrogen (secondary N) is 1. The van der Waals surface area contributed by atoms with Gasteiger partial charge in [0, 0.05) is 7.05 Å². The molecule has 0 fully saturated rings. The molecule has 0 aliphatic heterocycles. The lowest BCUT2D eigenvalue weighted by atomic mass is 10.1. The molecule has 0 aromatic heterocycles. The molecule has 0 bridgehead atoms. The van der Waals surface area contributed by atoms with Gasteiger partial charge in [0.1, 0.15) is 11.6 Å². The summed E-state index contributed by atoms with van der Waals surface area (Å²) in [5.41, 5.74) is 2.22. The van der Waals surface area contributed by atoms with Crippen molar-refractivity contribution in [1.82, 2.24) is 5.32 Å². The maximum absolute atomic E-state index is 13.0. The van der Waals surface area contributed by atoms with E-state index in [0.717, 1.165) is 11.1 Å². The normalized spacial score (nSPS) is 12.1. The van der Waals surface area contributed by atoms with Crippen molar-refractivity contribution in [2.24, 2.45) is 0 Å². The van der Waals surface area contributed by atoms with Crippen LogP contribution in [0.15, 0.2) is 77.7 Å². The summed E-state index contributed by atoms with van der Waals surface area (Å²) >= 11 is 0. The zero-order valence-electron chi connectivity index (χ0n) is 18.1. The first-order valence-corrected chi connectivity index (χ1v) is 11.4. The number of amides is 1. The third kappa shape index (κ3) is 5.64. The van der Waals surface area contributed by atoms with E-state index in [1.807, 2.05) is 6.92 Å². The minimum atomic E-state index is -3.69. The van der Waals surface area contributed by atoms with Gasteiger partial charge in [0.05, 0.1) is 16.6 Å². The van der Waals surface area contributed by atoms with Crippen LogP contribution in [-0.2, 0) is 14.8 Å². The Bertz CT molecular complexity index is 1160. The Hall–Kier alpha value is -3.39. The molecule has 0 aliphatic carbocycles. The van der Waals surface area contributed by atoms with Gasteiger partial charge in [-0.15, -0.1) is 0 Å². The van der Waals surface area contributed by atoms with E-state index in [9.17, 15) is 17.6 Å². The monoisotopic (exact) mass is 456 g/mol. The van der Waals surface area contributed by atoms with E-state index in [4.69, 9.17) is 4.74 Å². The first-order valence-electron chi connectivity index (χ1n) is 10.00. The van der Waals surface area contributed by atoms with Gasteiger partial charge in [0.15, 0.2) is 6.61 Å². The Kier molecular flexibility index (Phi) is 7.15. The predicted octanol–water partition coefficient (Wildman–Crippen LogP) is 4.22. The Morgan fingerprint density at radius 2 is 1.59 bits per heavy atom.